The molecule has 2 rings (SSSR count). The summed E-state index contributed by atoms with van der Waals surface area (Å²) in [6.45, 7) is 0. The predicted octanol–water partition coefficient (Wildman–Crippen LogP) is 0.880. The molecule has 3 N–H and O–H groups in total. The molecule has 7 heteroatoms. The first-order chi connectivity index (χ1) is 6.57. The third-order valence-corrected chi connectivity index (χ3v) is 3.66. The largest absolute Gasteiger partial charge is 0.354 e. The molecular formula is C7H8N2O3S2. The third-order valence-electron chi connectivity index (χ3n) is 1.75. The summed E-state index contributed by atoms with van der Waals surface area (Å²) < 4.78 is 33.0. The lowest BCUT2D eigenvalue weighted by atomic mass is 10.3. The standard InChI is InChI=1S/C7H8N2O3S2/c10-14(11,12)7-8-5-3-1-2-4-6(5)13-9-7/h1-4,7-9H,(H,10,11,12). The summed E-state index contributed by atoms with van der Waals surface area (Å²) in [5.74, 6) is 0. The van der Waals surface area contributed by atoms with Crippen LogP contribution in [0.15, 0.2) is 29.2 Å². The topological polar surface area (TPSA) is 78.4 Å². The van der Waals surface area contributed by atoms with Gasteiger partial charge < -0.3 is 5.32 Å². The molecule has 1 aromatic carbocycles. The lowest BCUT2D eigenvalue weighted by Crippen LogP contribution is -2.41. The molecule has 1 aliphatic rings. The second kappa shape index (κ2) is 3.43. The van der Waals surface area contributed by atoms with Crippen molar-refractivity contribution in [2.45, 2.75) is 10.4 Å². The smallest absolute Gasteiger partial charge is 0.301 e. The molecule has 0 fully saturated rings. The minimum Gasteiger partial charge on any atom is -0.354 e. The average molecular weight is 232 g/mol. The number of nitrogens with one attached hydrogen (secondary N) is 2. The molecular weight excluding hydrogens is 224 g/mol. The van der Waals surface area contributed by atoms with Gasteiger partial charge in [0, 0.05) is 4.90 Å². The van der Waals surface area contributed by atoms with Crippen LogP contribution in [0.25, 0.3) is 0 Å². The zero-order valence-corrected chi connectivity index (χ0v) is 8.60. The highest BCUT2D eigenvalue weighted by Crippen LogP contribution is 2.30. The Balaban J connectivity index is 2.30. The molecule has 5 nitrogen and oxygen atoms in total. The first-order valence-corrected chi connectivity index (χ1v) is 6.13. The number of benzene rings is 1. The van der Waals surface area contributed by atoms with Crippen molar-refractivity contribution in [2.24, 2.45) is 0 Å². The molecule has 1 aliphatic heterocycles. The third kappa shape index (κ3) is 1.85. The number of anilines is 1. The van der Waals surface area contributed by atoms with Crippen LogP contribution in [0.5, 0.6) is 0 Å². The Kier molecular flexibility index (Phi) is 2.40. The summed E-state index contributed by atoms with van der Waals surface area (Å²) in [4.78, 5) is 0.896. The number of hydrogen-bond acceptors (Lipinski definition) is 5. The summed E-state index contributed by atoms with van der Waals surface area (Å²) in [5.41, 5.74) is -0.457. The first-order valence-electron chi connectivity index (χ1n) is 3.81. The zero-order chi connectivity index (χ0) is 10.2. The fraction of sp³-hybridized carbons (Fsp3) is 0.143. The molecule has 0 aromatic heterocycles. The Morgan fingerprint density at radius 3 is 2.79 bits per heavy atom. The van der Waals surface area contributed by atoms with Crippen LogP contribution < -0.4 is 10.0 Å². The van der Waals surface area contributed by atoms with Crippen molar-refractivity contribution in [2.75, 3.05) is 5.32 Å². The van der Waals surface area contributed by atoms with E-state index in [1.807, 2.05) is 12.1 Å². The van der Waals surface area contributed by atoms with Crippen LogP contribution in [0, 0.1) is 0 Å². The van der Waals surface area contributed by atoms with E-state index in [-0.39, 0.29) is 0 Å². The molecule has 0 aliphatic carbocycles. The van der Waals surface area contributed by atoms with Crippen LogP contribution >= 0.6 is 11.9 Å². The minimum atomic E-state index is -4.11. The number of para-hydroxylation sites is 1. The van der Waals surface area contributed by atoms with Crippen molar-refractivity contribution in [3.63, 3.8) is 0 Å². The van der Waals surface area contributed by atoms with Crippen molar-refractivity contribution in [1.29, 1.82) is 0 Å². The molecule has 0 saturated carbocycles. The van der Waals surface area contributed by atoms with Crippen molar-refractivity contribution in [3.05, 3.63) is 24.3 Å². The van der Waals surface area contributed by atoms with Crippen molar-refractivity contribution < 1.29 is 13.0 Å². The van der Waals surface area contributed by atoms with Gasteiger partial charge in [-0.25, -0.2) is 4.72 Å². The Bertz CT molecular complexity index is 446. The number of fused-ring (bicyclic) bond motifs is 1. The number of hydrogen-bond donors (Lipinski definition) is 3. The van der Waals surface area contributed by atoms with Gasteiger partial charge in [-0.3, -0.25) is 4.55 Å². The van der Waals surface area contributed by atoms with Gasteiger partial charge in [-0.05, 0) is 24.1 Å². The molecule has 1 unspecified atom stereocenters. The molecule has 14 heavy (non-hydrogen) atoms. The van der Waals surface area contributed by atoms with Gasteiger partial charge in [-0.2, -0.15) is 8.42 Å². The van der Waals surface area contributed by atoms with Crippen LogP contribution in [0.1, 0.15) is 0 Å². The maximum atomic E-state index is 10.8. The maximum Gasteiger partial charge on any atom is 0.301 e. The fourth-order valence-corrected chi connectivity index (χ4v) is 2.68. The van der Waals surface area contributed by atoms with Crippen molar-refractivity contribution in [3.8, 4) is 0 Å². The highest BCUT2D eigenvalue weighted by Gasteiger charge is 2.27. The van der Waals surface area contributed by atoms with E-state index in [4.69, 9.17) is 4.55 Å². The minimum absolute atomic E-state index is 0.693. The molecule has 0 saturated heterocycles. The van der Waals surface area contributed by atoms with E-state index in [1.165, 1.54) is 11.9 Å². The van der Waals surface area contributed by atoms with E-state index in [2.05, 4.69) is 10.0 Å². The molecule has 0 bridgehead atoms. The molecule has 0 spiro atoms. The van der Waals surface area contributed by atoms with Gasteiger partial charge >= 0.3 is 10.1 Å². The summed E-state index contributed by atoms with van der Waals surface area (Å²) in [5, 5.41) is 2.67. The van der Waals surface area contributed by atoms with E-state index in [0.717, 1.165) is 4.90 Å². The van der Waals surface area contributed by atoms with Crippen LogP contribution in [-0.2, 0) is 10.1 Å². The van der Waals surface area contributed by atoms with Crippen LogP contribution in [0.4, 0.5) is 5.69 Å². The van der Waals surface area contributed by atoms with E-state index in [1.54, 1.807) is 12.1 Å². The highest BCUT2D eigenvalue weighted by atomic mass is 32.2. The molecule has 1 atom stereocenters. The maximum absolute atomic E-state index is 10.8. The van der Waals surface area contributed by atoms with Crippen molar-refractivity contribution in [1.82, 2.24) is 4.72 Å². The second-order valence-electron chi connectivity index (χ2n) is 2.76. The summed E-state index contributed by atoms with van der Waals surface area (Å²) in [6.07, 6.45) is 0. The van der Waals surface area contributed by atoms with Gasteiger partial charge in [0.25, 0.3) is 0 Å². The van der Waals surface area contributed by atoms with E-state index < -0.39 is 15.6 Å². The molecule has 1 heterocycles. The van der Waals surface area contributed by atoms with E-state index in [0.29, 0.717) is 5.69 Å². The molecule has 0 amide bonds. The Morgan fingerprint density at radius 1 is 1.36 bits per heavy atom. The van der Waals surface area contributed by atoms with Gasteiger partial charge in [-0.15, -0.1) is 0 Å². The Morgan fingerprint density at radius 2 is 2.07 bits per heavy atom. The monoisotopic (exact) mass is 232 g/mol. The Labute approximate surface area is 85.8 Å². The van der Waals surface area contributed by atoms with Crippen molar-refractivity contribution >= 4 is 27.8 Å². The predicted molar refractivity (Wildman–Crippen MR) is 54.4 cm³/mol. The van der Waals surface area contributed by atoms with Gasteiger partial charge in [0.05, 0.1) is 5.69 Å². The molecule has 1 aromatic rings. The normalized spacial score (nSPS) is 21.1. The lowest BCUT2D eigenvalue weighted by Gasteiger charge is -2.24. The SMILES string of the molecule is O=S(=O)(O)C1NSc2ccccc2N1. The average Bonchev–Trinajstić information content (AvgIpc) is 2.16. The van der Waals surface area contributed by atoms with Gasteiger partial charge in [0.2, 0.25) is 5.50 Å². The molecule has 0 radical (unpaired) electrons. The highest BCUT2D eigenvalue weighted by molar-refractivity contribution is 7.98. The second-order valence-corrected chi connectivity index (χ2v) is 5.14. The van der Waals surface area contributed by atoms with E-state index >= 15 is 0 Å². The Hall–Kier alpha value is -0.760. The summed E-state index contributed by atoms with van der Waals surface area (Å²) in [7, 11) is -4.11. The quantitative estimate of drug-likeness (QED) is 0.493. The van der Waals surface area contributed by atoms with Gasteiger partial charge in [0.1, 0.15) is 0 Å². The van der Waals surface area contributed by atoms with Crippen LogP contribution in [0.2, 0.25) is 0 Å². The van der Waals surface area contributed by atoms with Gasteiger partial charge in [0.15, 0.2) is 0 Å². The summed E-state index contributed by atoms with van der Waals surface area (Å²) >= 11 is 1.17. The van der Waals surface area contributed by atoms with E-state index in [9.17, 15) is 8.42 Å². The van der Waals surface area contributed by atoms with Gasteiger partial charge in [-0.1, -0.05) is 12.1 Å². The fourth-order valence-electron chi connectivity index (χ4n) is 1.10. The zero-order valence-electron chi connectivity index (χ0n) is 6.97. The summed E-state index contributed by atoms with van der Waals surface area (Å²) in [6, 6.07) is 7.24. The molecule has 76 valence electrons. The van der Waals surface area contributed by atoms with Crippen LogP contribution in [-0.4, -0.2) is 18.5 Å². The van der Waals surface area contributed by atoms with Crippen LogP contribution in [0.3, 0.4) is 0 Å². The first kappa shape index (κ1) is 9.78. The lowest BCUT2D eigenvalue weighted by molar-refractivity contribution is 0.469. The number of rotatable bonds is 1.